The first kappa shape index (κ1) is 76.4. The third-order valence-corrected chi connectivity index (χ3v) is 25.9. The van der Waals surface area contributed by atoms with Gasteiger partial charge in [-0.2, -0.15) is 9.97 Å². The molecular formula is C120H78N12. The Morgan fingerprint density at radius 1 is 0.167 bits per heavy atom. The Morgan fingerprint density at radius 3 is 0.977 bits per heavy atom. The van der Waals surface area contributed by atoms with Gasteiger partial charge in [-0.3, -0.25) is 19.1 Å². The Hall–Kier alpha value is -18.0. The molecule has 0 unspecified atom stereocenters. The summed E-state index contributed by atoms with van der Waals surface area (Å²) in [5.74, 6) is 1.83. The van der Waals surface area contributed by atoms with E-state index in [4.69, 9.17) is 19.9 Å². The number of nitrogens with zero attached hydrogens (tertiary/aromatic N) is 12. The quantitative estimate of drug-likeness (QED) is 0.121. The highest BCUT2D eigenvalue weighted by atomic mass is 15.2. The fourth-order valence-corrected chi connectivity index (χ4v) is 20.1. The summed E-state index contributed by atoms with van der Waals surface area (Å²) < 4.78 is 13.9. The maximum Gasteiger partial charge on any atom is 0.238 e. The third kappa shape index (κ3) is 12.9. The van der Waals surface area contributed by atoms with Gasteiger partial charge in [0.1, 0.15) is 5.65 Å². The second-order valence-electron chi connectivity index (χ2n) is 33.3. The minimum absolute atomic E-state index is 0.575. The van der Waals surface area contributed by atoms with Crippen LogP contribution < -0.4 is 0 Å². The normalized spacial score (nSPS) is 11.6. The van der Waals surface area contributed by atoms with E-state index in [-0.39, 0.29) is 0 Å². The van der Waals surface area contributed by atoms with Crippen LogP contribution in [0.4, 0.5) is 0 Å². The van der Waals surface area contributed by atoms with Crippen LogP contribution in [0.2, 0.25) is 0 Å². The van der Waals surface area contributed by atoms with Crippen molar-refractivity contribution in [3.8, 4) is 102 Å². The van der Waals surface area contributed by atoms with Crippen molar-refractivity contribution in [1.29, 1.82) is 0 Å². The van der Waals surface area contributed by atoms with Gasteiger partial charge >= 0.3 is 0 Å². The number of benzene rings is 17. The fraction of sp³-hybridized carbons (Fsp3) is 0. The number of aromatic nitrogens is 12. The molecule has 12 heteroatoms. The average Bonchev–Trinajstić information content (AvgIpc) is 1.58. The molecule has 0 aliphatic heterocycles. The minimum atomic E-state index is 0.575. The van der Waals surface area contributed by atoms with E-state index in [0.717, 1.165) is 111 Å². The van der Waals surface area contributed by atoms with Crippen LogP contribution in [0.5, 0.6) is 0 Å². The van der Waals surface area contributed by atoms with Crippen LogP contribution in [-0.4, -0.2) is 57.3 Å². The highest BCUT2D eigenvalue weighted by Crippen LogP contribution is 2.46. The molecule has 0 saturated carbocycles. The lowest BCUT2D eigenvalue weighted by Gasteiger charge is -2.12. The van der Waals surface area contributed by atoms with Crippen LogP contribution in [0.3, 0.4) is 0 Å². The number of fused-ring (bicyclic) bond motifs is 18. The van der Waals surface area contributed by atoms with Crippen molar-refractivity contribution in [1.82, 2.24) is 57.3 Å². The zero-order valence-electron chi connectivity index (χ0n) is 71.4. The molecule has 17 aromatic carbocycles. The minimum Gasteiger partial charge on any atom is -0.309 e. The molecule has 618 valence electrons. The van der Waals surface area contributed by atoms with Crippen LogP contribution in [0.15, 0.2) is 474 Å². The van der Waals surface area contributed by atoms with E-state index in [1.165, 1.54) is 104 Å². The van der Waals surface area contributed by atoms with Gasteiger partial charge in [-0.25, -0.2) is 9.97 Å². The molecule has 0 amide bonds. The molecule has 0 aliphatic rings. The average molecular weight is 1690 g/mol. The van der Waals surface area contributed by atoms with Gasteiger partial charge in [-0.15, -0.1) is 0 Å². The lowest BCUT2D eigenvalue weighted by atomic mass is 9.98. The van der Waals surface area contributed by atoms with Crippen molar-refractivity contribution in [3.05, 3.63) is 474 Å². The Labute approximate surface area is 758 Å². The van der Waals surface area contributed by atoms with E-state index in [1.54, 1.807) is 0 Å². The van der Waals surface area contributed by atoms with E-state index in [1.807, 2.05) is 104 Å². The number of hydrogen-bond acceptors (Lipinski definition) is 6. The third-order valence-electron chi connectivity index (χ3n) is 25.9. The summed E-state index contributed by atoms with van der Waals surface area (Å²) >= 11 is 0. The van der Waals surface area contributed by atoms with Crippen molar-refractivity contribution < 1.29 is 0 Å². The van der Waals surface area contributed by atoms with Gasteiger partial charge in [0.15, 0.2) is 11.6 Å². The van der Waals surface area contributed by atoms with E-state index < -0.39 is 0 Å². The van der Waals surface area contributed by atoms with Gasteiger partial charge in [-0.1, -0.05) is 303 Å². The second kappa shape index (κ2) is 32.1. The summed E-state index contributed by atoms with van der Waals surface area (Å²) in [4.78, 5) is 29.1. The second-order valence-corrected chi connectivity index (χ2v) is 33.3. The molecule has 132 heavy (non-hydrogen) atoms. The molecule has 0 bridgehead atoms. The van der Waals surface area contributed by atoms with E-state index in [9.17, 15) is 0 Å². The molecule has 0 N–H and O–H groups in total. The van der Waals surface area contributed by atoms with Gasteiger partial charge in [-0.05, 0) is 184 Å². The summed E-state index contributed by atoms with van der Waals surface area (Å²) in [5.41, 5.74) is 30.6. The van der Waals surface area contributed by atoms with Gasteiger partial charge in [0.2, 0.25) is 5.95 Å². The standard InChI is InChI=1S/C44H28N6.C41H27N3.C35H23N3/c1-4-13-29(14-5-1)42-46-43(30-15-6-2-7-16-30)48-44(47-42)50-37-21-11-10-19-34(37)35-24-23-31(27-39(35)50)33-20-12-22-38-41(33)36-25-26-45-28-40(36)49(38)32-17-8-3-9-18-32;1-3-11-28(12-4-1)29-20-23-32(24-21-29)43-37-18-8-7-15-34(37)35-25-22-30(27-39(35)43)33-16-9-19-38-40(33)36-17-10-26-42-41(36)44(38)31-13-5-2-6-14-31;1-3-10-25(11-4-1)37-32-20-21-36-23-30(32)35-27(15-9-17-33(35)37)24-18-19-29-28-14-7-8-16-31(28)38(34(29)22-24)26-12-5-2-6-13-26/h1-28H;1-27H;1-23H. The Morgan fingerprint density at radius 2 is 0.492 bits per heavy atom. The smallest absolute Gasteiger partial charge is 0.238 e. The first-order valence-corrected chi connectivity index (χ1v) is 44.5. The largest absolute Gasteiger partial charge is 0.309 e. The Balaban J connectivity index is 0.000000107. The highest BCUT2D eigenvalue weighted by molar-refractivity contribution is 6.21. The lowest BCUT2D eigenvalue weighted by molar-refractivity contribution is 0.953. The maximum absolute atomic E-state index is 5.13. The zero-order valence-corrected chi connectivity index (χ0v) is 71.4. The first-order valence-electron chi connectivity index (χ1n) is 44.5. The van der Waals surface area contributed by atoms with Crippen LogP contribution >= 0.6 is 0 Å². The SMILES string of the molecule is c1ccc(-c2ccc(-n3c4ccccc4c4ccc(-c5cccc6c5c5cccnc5n6-c5ccccc5)cc43)cc2)cc1.c1ccc(-c2nc(-c3ccccc3)nc(-n3c4ccccc4c4ccc(-c5cccc6c5c5ccncc5n6-c5ccccc5)cc43)n2)cc1.c1ccc(-n2c3ccccc3c3ccc(-c4cccc5c4c4cnccc4n5-c4ccccc4)cc32)cc1. The molecule has 0 fully saturated rings. The van der Waals surface area contributed by atoms with Gasteiger partial charge in [0, 0.05) is 129 Å². The number of hydrogen-bond donors (Lipinski definition) is 0. The number of rotatable bonds is 12. The Bertz CT molecular complexity index is 9060. The summed E-state index contributed by atoms with van der Waals surface area (Å²) in [7, 11) is 0. The molecule has 10 aromatic heterocycles. The van der Waals surface area contributed by atoms with E-state index in [2.05, 4.69) is 407 Å². The predicted octanol–water partition coefficient (Wildman–Crippen LogP) is 30.0. The van der Waals surface area contributed by atoms with Crippen LogP contribution in [0.1, 0.15) is 0 Å². The van der Waals surface area contributed by atoms with Gasteiger partial charge in [0.25, 0.3) is 0 Å². The molecule has 10 heterocycles. The van der Waals surface area contributed by atoms with Gasteiger partial charge in [0.05, 0.1) is 66.9 Å². The van der Waals surface area contributed by atoms with Crippen molar-refractivity contribution >= 4 is 131 Å². The monoisotopic (exact) mass is 1690 g/mol. The lowest BCUT2D eigenvalue weighted by Crippen LogP contribution is -2.06. The molecule has 12 nitrogen and oxygen atoms in total. The molecule has 27 aromatic rings. The number of pyridine rings is 3. The molecule has 0 radical (unpaired) electrons. The van der Waals surface area contributed by atoms with Crippen molar-refractivity contribution in [2.24, 2.45) is 0 Å². The summed E-state index contributed by atoms with van der Waals surface area (Å²) in [6.07, 6.45) is 9.60. The highest BCUT2D eigenvalue weighted by Gasteiger charge is 2.26. The molecule has 0 saturated heterocycles. The summed E-state index contributed by atoms with van der Waals surface area (Å²) in [6, 6.07) is 157. The van der Waals surface area contributed by atoms with Crippen LogP contribution in [0.25, 0.3) is 233 Å². The molecule has 0 atom stereocenters. The van der Waals surface area contributed by atoms with Crippen molar-refractivity contribution in [2.75, 3.05) is 0 Å². The van der Waals surface area contributed by atoms with Crippen molar-refractivity contribution in [2.45, 2.75) is 0 Å². The van der Waals surface area contributed by atoms with E-state index in [0.29, 0.717) is 17.6 Å². The van der Waals surface area contributed by atoms with Crippen LogP contribution in [0, 0.1) is 0 Å². The summed E-state index contributed by atoms with van der Waals surface area (Å²) in [6.45, 7) is 0. The first-order chi connectivity index (χ1) is 65.5. The van der Waals surface area contributed by atoms with Crippen molar-refractivity contribution in [3.63, 3.8) is 0 Å². The maximum atomic E-state index is 5.13. The zero-order chi connectivity index (χ0) is 87.1. The van der Waals surface area contributed by atoms with Crippen LogP contribution in [-0.2, 0) is 0 Å². The molecule has 0 spiro atoms. The molecular weight excluding hydrogens is 1610 g/mol. The predicted molar refractivity (Wildman–Crippen MR) is 545 cm³/mol. The fourth-order valence-electron chi connectivity index (χ4n) is 20.1. The number of para-hydroxylation sites is 7. The Kier molecular flexibility index (Phi) is 18.6. The molecule has 0 aliphatic carbocycles. The topological polar surface area (TPSA) is 107 Å². The van der Waals surface area contributed by atoms with Gasteiger partial charge < -0.3 is 18.3 Å². The summed E-state index contributed by atoms with van der Waals surface area (Å²) in [5, 5.41) is 14.4. The van der Waals surface area contributed by atoms with E-state index >= 15 is 0 Å². The molecule has 27 rings (SSSR count).